The molecule has 2 N–H and O–H groups in total. The maximum Gasteiger partial charge on any atom is 0.280 e. The second-order valence-corrected chi connectivity index (χ2v) is 19.3. The van der Waals surface area contributed by atoms with Crippen LogP contribution in [0.25, 0.3) is 0 Å². The predicted octanol–water partition coefficient (Wildman–Crippen LogP) is 5.94. The fraction of sp³-hybridized carbons (Fsp3) is 0.824. The molecule has 36 heavy (non-hydrogen) atoms. The number of amides is 1. The van der Waals surface area contributed by atoms with E-state index in [4.69, 9.17) is 5.11 Å². The summed E-state index contributed by atoms with van der Waals surface area (Å²) in [6, 6.07) is 0. The van der Waals surface area contributed by atoms with Crippen LogP contribution in [0, 0.1) is 0 Å². The molecule has 0 aliphatic carbocycles. The molecule has 0 saturated carbocycles. The second kappa shape index (κ2) is 33.4. The van der Waals surface area contributed by atoms with Gasteiger partial charge in [0.05, 0.1) is 45.7 Å². The molecule has 0 aliphatic rings. The fourth-order valence-electron chi connectivity index (χ4n) is 1.42. The van der Waals surface area contributed by atoms with Gasteiger partial charge in [0.25, 0.3) is 5.24 Å². The van der Waals surface area contributed by atoms with E-state index in [2.05, 4.69) is 25.1 Å². The summed E-state index contributed by atoms with van der Waals surface area (Å²) < 4.78 is 11.6. The normalized spacial score (nSPS) is 12.5. The quantitative estimate of drug-likeness (QED) is 0.0262. The van der Waals surface area contributed by atoms with E-state index < -0.39 is 10.8 Å². The number of hydrogen-bond donors (Lipinski definition) is 2. The van der Waals surface area contributed by atoms with Crippen molar-refractivity contribution >= 4 is 146 Å². The molecule has 0 bridgehead atoms. The summed E-state index contributed by atoms with van der Waals surface area (Å²) in [5, 5.41) is 18.6. The third kappa shape index (κ3) is 32.4. The van der Waals surface area contributed by atoms with Gasteiger partial charge in [-0.1, -0.05) is 11.8 Å². The van der Waals surface area contributed by atoms with E-state index in [9.17, 15) is 9.00 Å². The van der Waals surface area contributed by atoms with E-state index in [0.29, 0.717) is 22.7 Å². The van der Waals surface area contributed by atoms with E-state index in [-0.39, 0.29) is 18.5 Å². The van der Waals surface area contributed by atoms with Gasteiger partial charge in [-0.15, -0.1) is 106 Å². The van der Waals surface area contributed by atoms with Crippen LogP contribution < -0.4 is 5.32 Å². The van der Waals surface area contributed by atoms with E-state index in [1.54, 1.807) is 64.4 Å². The van der Waals surface area contributed by atoms with Crippen molar-refractivity contribution in [3.63, 3.8) is 0 Å². The first-order valence-electron chi connectivity index (χ1n) is 9.96. The number of rotatable bonds is 27. The first-order chi connectivity index (χ1) is 17.7. The van der Waals surface area contributed by atoms with Crippen molar-refractivity contribution in [2.75, 3.05) is 77.8 Å². The first-order valence-corrected chi connectivity index (χ1v) is 23.0. The van der Waals surface area contributed by atoms with Crippen LogP contribution in [-0.4, -0.2) is 104 Å². The van der Waals surface area contributed by atoms with Gasteiger partial charge in [-0.3, -0.25) is 14.0 Å². The SMILES string of the molecule is CSCN=CS(=O)CSCSCSCSCSC(=O)NCSCSCSCSCN=COOCCO. The van der Waals surface area contributed by atoms with Gasteiger partial charge in [0.2, 0.25) is 6.40 Å². The third-order valence-corrected chi connectivity index (χ3v) is 15.3. The molecule has 0 aromatic rings. The van der Waals surface area contributed by atoms with Crippen LogP contribution in [0.5, 0.6) is 0 Å². The van der Waals surface area contributed by atoms with Crippen molar-refractivity contribution in [2.24, 2.45) is 9.98 Å². The minimum atomic E-state index is -0.972. The average molecular weight is 712 g/mol. The highest BCUT2D eigenvalue weighted by Crippen LogP contribution is 2.24. The van der Waals surface area contributed by atoms with Crippen LogP contribution in [0.2, 0.25) is 0 Å². The number of hydrogen-bond acceptors (Lipinski definition) is 17. The average Bonchev–Trinajstić information content (AvgIpc) is 2.87. The van der Waals surface area contributed by atoms with E-state index in [1.165, 1.54) is 18.2 Å². The van der Waals surface area contributed by atoms with Crippen LogP contribution >= 0.6 is 118 Å². The van der Waals surface area contributed by atoms with Gasteiger partial charge in [0.15, 0.2) is 0 Å². The number of nitrogens with one attached hydrogen (secondary N) is 1. The largest absolute Gasteiger partial charge is 0.394 e. The Hall–Kier alpha value is 2.18. The zero-order valence-corrected chi connectivity index (χ0v) is 28.8. The molecule has 0 heterocycles. The molecule has 0 aromatic carbocycles. The summed E-state index contributed by atoms with van der Waals surface area (Å²) in [5.41, 5.74) is 1.55. The van der Waals surface area contributed by atoms with Crippen LogP contribution in [-0.2, 0) is 20.6 Å². The van der Waals surface area contributed by atoms with Crippen LogP contribution in [0.15, 0.2) is 9.98 Å². The summed E-state index contributed by atoms with van der Waals surface area (Å²) in [6.07, 6.45) is 3.21. The Kier molecular flexibility index (Phi) is 35.4. The molecule has 0 fully saturated rings. The van der Waals surface area contributed by atoms with Gasteiger partial charge in [-0.2, -0.15) is 4.89 Å². The van der Waals surface area contributed by atoms with Crippen LogP contribution in [0.4, 0.5) is 4.79 Å². The molecular formula is C17H33N3O5S11. The zero-order chi connectivity index (χ0) is 26.4. The number of aliphatic imine (C=N–C) groups is 2. The predicted molar refractivity (Wildman–Crippen MR) is 183 cm³/mol. The number of nitrogens with zero attached hydrogens (tertiary/aromatic N) is 2. The number of aliphatic hydroxyl groups is 1. The Morgan fingerprint density at radius 1 is 0.889 bits per heavy atom. The third-order valence-electron chi connectivity index (χ3n) is 2.71. The molecule has 0 radical (unpaired) electrons. The monoisotopic (exact) mass is 711 g/mol. The van der Waals surface area contributed by atoms with Crippen molar-refractivity contribution in [3.05, 3.63) is 0 Å². The molecule has 0 aromatic heterocycles. The Labute approximate surface area is 260 Å². The van der Waals surface area contributed by atoms with Crippen LogP contribution in [0.1, 0.15) is 0 Å². The van der Waals surface area contributed by atoms with Crippen molar-refractivity contribution in [3.8, 4) is 0 Å². The summed E-state index contributed by atoms with van der Waals surface area (Å²) >= 11 is 17.1. The molecular weight excluding hydrogens is 679 g/mol. The van der Waals surface area contributed by atoms with Gasteiger partial charge in [0, 0.05) is 35.6 Å². The van der Waals surface area contributed by atoms with Crippen molar-refractivity contribution in [1.29, 1.82) is 0 Å². The zero-order valence-electron chi connectivity index (χ0n) is 19.8. The van der Waals surface area contributed by atoms with Crippen molar-refractivity contribution in [2.45, 2.75) is 0 Å². The molecule has 0 rings (SSSR count). The highest BCUT2D eigenvalue weighted by Gasteiger charge is 2.02. The van der Waals surface area contributed by atoms with Gasteiger partial charge < -0.3 is 15.3 Å². The van der Waals surface area contributed by atoms with E-state index >= 15 is 0 Å². The maximum atomic E-state index is 11.8. The lowest BCUT2D eigenvalue weighted by atomic mass is 10.8. The Balaban J connectivity index is 3.26. The number of thioether (sulfide) groups is 10. The summed E-state index contributed by atoms with van der Waals surface area (Å²) in [5.74, 6) is 1.90. The lowest BCUT2D eigenvalue weighted by Crippen LogP contribution is -2.17. The lowest BCUT2D eigenvalue weighted by molar-refractivity contribution is -0.221. The molecule has 1 atom stereocenters. The molecule has 8 nitrogen and oxygen atoms in total. The second-order valence-electron chi connectivity index (χ2n) is 5.47. The minimum absolute atomic E-state index is 0.0296. The fourth-order valence-corrected chi connectivity index (χ4v) is 13.1. The highest BCUT2D eigenvalue weighted by molar-refractivity contribution is 8.30. The molecule has 0 aliphatic heterocycles. The van der Waals surface area contributed by atoms with Gasteiger partial charge in [-0.05, 0) is 6.26 Å². The maximum absolute atomic E-state index is 11.8. The molecule has 0 spiro atoms. The topological polar surface area (TPSA) is 110 Å². The summed E-state index contributed by atoms with van der Waals surface area (Å²) in [6.45, 7) is 0.0521. The Morgan fingerprint density at radius 2 is 1.53 bits per heavy atom. The number of carbonyl (C=O) groups is 1. The van der Waals surface area contributed by atoms with Gasteiger partial charge in [0.1, 0.15) is 6.61 Å². The smallest absolute Gasteiger partial charge is 0.280 e. The number of aliphatic hydroxyl groups excluding tert-OH is 1. The molecule has 19 heteroatoms. The minimum Gasteiger partial charge on any atom is -0.394 e. The molecule has 1 amide bonds. The van der Waals surface area contributed by atoms with Crippen molar-refractivity contribution in [1.82, 2.24) is 5.32 Å². The van der Waals surface area contributed by atoms with Gasteiger partial charge in [-0.25, -0.2) is 4.99 Å². The highest BCUT2D eigenvalue weighted by atomic mass is 32.3. The standard InChI is InChI=1S/C17H33N3O5S11/c1-26-5-19-8-36(23)16-34-14-32-12-31-13-33-15-35-17(22)20-7-28-10-30-11-29-9-27-6-18-4-25-24-3-2-21/h4,8,21H,2-3,5-7,9-16H2,1H3,(H,20,22). The van der Waals surface area contributed by atoms with Crippen LogP contribution in [0.3, 0.4) is 0 Å². The number of carbonyl (C=O) groups excluding carboxylic acids is 1. The van der Waals surface area contributed by atoms with Gasteiger partial charge >= 0.3 is 0 Å². The lowest BCUT2D eigenvalue weighted by Gasteiger charge is -2.05. The molecule has 212 valence electrons. The van der Waals surface area contributed by atoms with E-state index in [1.807, 2.05) is 53.3 Å². The van der Waals surface area contributed by atoms with E-state index in [0.717, 1.165) is 35.6 Å². The summed E-state index contributed by atoms with van der Waals surface area (Å²) in [7, 11) is -0.972. The Bertz CT molecular complexity index is 582. The summed E-state index contributed by atoms with van der Waals surface area (Å²) in [4.78, 5) is 29.1. The first kappa shape index (κ1) is 38.2. The Morgan fingerprint density at radius 3 is 2.22 bits per heavy atom. The molecule has 1 unspecified atom stereocenters. The van der Waals surface area contributed by atoms with Crippen molar-refractivity contribution < 1.29 is 23.9 Å². The molecule has 0 saturated heterocycles.